The first-order valence-electron chi connectivity index (χ1n) is 12.7. The third-order valence-electron chi connectivity index (χ3n) is 5.84. The van der Waals surface area contributed by atoms with Gasteiger partial charge in [-0.05, 0) is 84.4 Å². The molecule has 4 aromatic carbocycles. The standard InChI is InChI=1S/C31H24N4O7S/c36-28(32-23-10-8-22(9-11-23)31(39)40)19-43-26-16-12-24(13-17-26)33-30(38)27(34-29(37)21-4-2-1-3-5-21)18-20-6-14-25(15-7-20)35(41)42/h1-18H,19H2,(H,32,36)(H,33,38)(H,34,37)(H,39,40)/b27-18-. The summed E-state index contributed by atoms with van der Waals surface area (Å²) in [6.07, 6.45) is 1.41. The van der Waals surface area contributed by atoms with Crippen molar-refractivity contribution in [2.45, 2.75) is 4.90 Å². The van der Waals surface area contributed by atoms with E-state index in [9.17, 15) is 29.3 Å². The number of aromatic carboxylic acids is 1. The van der Waals surface area contributed by atoms with Crippen LogP contribution in [0.1, 0.15) is 26.3 Å². The van der Waals surface area contributed by atoms with Gasteiger partial charge < -0.3 is 21.1 Å². The molecule has 0 bridgehead atoms. The lowest BCUT2D eigenvalue weighted by Crippen LogP contribution is -2.30. The molecular weight excluding hydrogens is 572 g/mol. The lowest BCUT2D eigenvalue weighted by molar-refractivity contribution is -0.384. The Morgan fingerprint density at radius 1 is 0.767 bits per heavy atom. The molecule has 4 aromatic rings. The second-order valence-electron chi connectivity index (χ2n) is 8.92. The van der Waals surface area contributed by atoms with Gasteiger partial charge in [0, 0.05) is 34.0 Å². The number of nitro benzene ring substituents is 1. The number of nitrogens with one attached hydrogen (secondary N) is 3. The summed E-state index contributed by atoms with van der Waals surface area (Å²) in [5, 5.41) is 28.0. The number of hydrogen-bond acceptors (Lipinski definition) is 7. The number of rotatable bonds is 11. The highest BCUT2D eigenvalue weighted by atomic mass is 32.2. The van der Waals surface area contributed by atoms with Gasteiger partial charge in [-0.2, -0.15) is 0 Å². The third-order valence-corrected chi connectivity index (χ3v) is 6.85. The van der Waals surface area contributed by atoms with Crippen LogP contribution in [0.2, 0.25) is 0 Å². The molecule has 0 heterocycles. The zero-order valence-corrected chi connectivity index (χ0v) is 23.2. The van der Waals surface area contributed by atoms with Gasteiger partial charge in [-0.3, -0.25) is 24.5 Å². The molecule has 0 spiro atoms. The van der Waals surface area contributed by atoms with E-state index in [0.717, 1.165) is 4.90 Å². The van der Waals surface area contributed by atoms with Gasteiger partial charge in [0.1, 0.15) is 5.70 Å². The summed E-state index contributed by atoms with van der Waals surface area (Å²) < 4.78 is 0. The first-order valence-corrected chi connectivity index (χ1v) is 13.7. The van der Waals surface area contributed by atoms with Gasteiger partial charge in [0.05, 0.1) is 16.2 Å². The Balaban J connectivity index is 1.40. The minimum Gasteiger partial charge on any atom is -0.478 e. The monoisotopic (exact) mass is 596 g/mol. The average molecular weight is 597 g/mol. The lowest BCUT2D eigenvalue weighted by atomic mass is 10.1. The SMILES string of the molecule is O=C(CSc1ccc(NC(=O)/C(=C/c2ccc([N+](=O)[O-])cc2)NC(=O)c2ccccc2)cc1)Nc1ccc(C(=O)O)cc1. The first kappa shape index (κ1) is 30.2. The molecule has 0 aliphatic rings. The molecule has 43 heavy (non-hydrogen) atoms. The van der Waals surface area contributed by atoms with E-state index in [1.165, 1.54) is 66.4 Å². The van der Waals surface area contributed by atoms with E-state index in [-0.39, 0.29) is 28.6 Å². The van der Waals surface area contributed by atoms with Crippen molar-refractivity contribution in [2.24, 2.45) is 0 Å². The van der Waals surface area contributed by atoms with Gasteiger partial charge in [-0.1, -0.05) is 18.2 Å². The van der Waals surface area contributed by atoms with Crippen molar-refractivity contribution in [2.75, 3.05) is 16.4 Å². The largest absolute Gasteiger partial charge is 0.478 e. The number of nitrogens with zero attached hydrogens (tertiary/aromatic N) is 1. The quantitative estimate of drug-likeness (QED) is 0.0769. The summed E-state index contributed by atoms with van der Waals surface area (Å²) >= 11 is 1.27. The summed E-state index contributed by atoms with van der Waals surface area (Å²) in [7, 11) is 0. The van der Waals surface area contributed by atoms with Crippen molar-refractivity contribution in [3.05, 3.63) is 136 Å². The number of carboxylic acid groups (broad SMARTS) is 1. The van der Waals surface area contributed by atoms with Crippen molar-refractivity contribution >= 4 is 58.6 Å². The molecule has 4 N–H and O–H groups in total. The fraction of sp³-hybridized carbons (Fsp3) is 0.0323. The number of amides is 3. The van der Waals surface area contributed by atoms with Crippen LogP contribution in [-0.2, 0) is 9.59 Å². The Morgan fingerprint density at radius 2 is 1.37 bits per heavy atom. The van der Waals surface area contributed by atoms with E-state index in [2.05, 4.69) is 16.0 Å². The van der Waals surface area contributed by atoms with Crippen LogP contribution in [0.5, 0.6) is 0 Å². The molecule has 0 fully saturated rings. The Hall–Kier alpha value is -5.75. The summed E-state index contributed by atoms with van der Waals surface area (Å²) in [6, 6.07) is 26.4. The van der Waals surface area contributed by atoms with E-state index < -0.39 is 22.7 Å². The van der Waals surface area contributed by atoms with E-state index >= 15 is 0 Å². The highest BCUT2D eigenvalue weighted by molar-refractivity contribution is 8.00. The van der Waals surface area contributed by atoms with E-state index in [1.54, 1.807) is 54.6 Å². The summed E-state index contributed by atoms with van der Waals surface area (Å²) in [6.45, 7) is 0. The van der Waals surface area contributed by atoms with E-state index in [0.29, 0.717) is 22.5 Å². The third kappa shape index (κ3) is 8.87. The molecule has 0 aliphatic carbocycles. The molecule has 11 nitrogen and oxygen atoms in total. The maximum Gasteiger partial charge on any atom is 0.335 e. The van der Waals surface area contributed by atoms with Gasteiger partial charge in [-0.15, -0.1) is 11.8 Å². The maximum atomic E-state index is 13.2. The maximum absolute atomic E-state index is 13.2. The van der Waals surface area contributed by atoms with Gasteiger partial charge in [0.15, 0.2) is 0 Å². The molecule has 0 aromatic heterocycles. The normalized spacial score (nSPS) is 10.8. The lowest BCUT2D eigenvalue weighted by Gasteiger charge is -2.12. The summed E-state index contributed by atoms with van der Waals surface area (Å²) in [5.41, 5.74) is 1.65. The molecular formula is C31H24N4O7S. The minimum atomic E-state index is -1.05. The molecule has 3 amide bonds. The number of anilines is 2. The van der Waals surface area contributed by atoms with Gasteiger partial charge in [0.2, 0.25) is 5.91 Å². The number of carbonyl (C=O) groups is 4. The molecule has 12 heteroatoms. The van der Waals surface area contributed by atoms with Crippen molar-refractivity contribution in [3.8, 4) is 0 Å². The van der Waals surface area contributed by atoms with Gasteiger partial charge in [-0.25, -0.2) is 4.79 Å². The zero-order chi connectivity index (χ0) is 30.8. The molecule has 0 aliphatic heterocycles. The van der Waals surface area contributed by atoms with Crippen LogP contribution < -0.4 is 16.0 Å². The summed E-state index contributed by atoms with van der Waals surface area (Å²) in [5.74, 6) is -2.36. The molecule has 0 saturated heterocycles. The Morgan fingerprint density at radius 3 is 1.98 bits per heavy atom. The fourth-order valence-corrected chi connectivity index (χ4v) is 4.37. The average Bonchev–Trinajstić information content (AvgIpc) is 3.01. The van der Waals surface area contributed by atoms with Crippen LogP contribution in [-0.4, -0.2) is 39.5 Å². The number of non-ortho nitro benzene ring substituents is 1. The number of hydrogen-bond donors (Lipinski definition) is 4. The van der Waals surface area contributed by atoms with Crippen LogP contribution in [0.15, 0.2) is 114 Å². The predicted octanol–water partition coefficient (Wildman–Crippen LogP) is 5.43. The Bertz CT molecular complexity index is 1670. The highest BCUT2D eigenvalue weighted by Gasteiger charge is 2.16. The molecule has 0 atom stereocenters. The predicted molar refractivity (Wildman–Crippen MR) is 163 cm³/mol. The number of benzene rings is 4. The van der Waals surface area contributed by atoms with Crippen molar-refractivity contribution < 1.29 is 29.2 Å². The topological polar surface area (TPSA) is 168 Å². The van der Waals surface area contributed by atoms with Crippen LogP contribution in [0.4, 0.5) is 17.1 Å². The Kier molecular flexibility index (Phi) is 10.0. The van der Waals surface area contributed by atoms with Gasteiger partial charge >= 0.3 is 5.97 Å². The fourth-order valence-electron chi connectivity index (χ4n) is 3.68. The molecule has 0 saturated carbocycles. The number of thioether (sulfide) groups is 1. The highest BCUT2D eigenvalue weighted by Crippen LogP contribution is 2.22. The zero-order valence-electron chi connectivity index (χ0n) is 22.4. The first-order chi connectivity index (χ1) is 20.7. The van der Waals surface area contributed by atoms with E-state index in [4.69, 9.17) is 5.11 Å². The van der Waals surface area contributed by atoms with E-state index in [1.807, 2.05) is 0 Å². The van der Waals surface area contributed by atoms with Crippen LogP contribution in [0.3, 0.4) is 0 Å². The van der Waals surface area contributed by atoms with Crippen LogP contribution in [0.25, 0.3) is 6.08 Å². The molecule has 0 radical (unpaired) electrons. The van der Waals surface area contributed by atoms with Crippen LogP contribution in [0, 0.1) is 10.1 Å². The molecule has 0 unspecified atom stereocenters. The second-order valence-corrected chi connectivity index (χ2v) is 9.97. The smallest absolute Gasteiger partial charge is 0.335 e. The summed E-state index contributed by atoms with van der Waals surface area (Å²) in [4.78, 5) is 60.5. The second kappa shape index (κ2) is 14.2. The number of carboxylic acids is 1. The van der Waals surface area contributed by atoms with Crippen molar-refractivity contribution in [3.63, 3.8) is 0 Å². The molecule has 4 rings (SSSR count). The van der Waals surface area contributed by atoms with Gasteiger partial charge in [0.25, 0.3) is 17.5 Å². The number of nitro groups is 1. The van der Waals surface area contributed by atoms with Crippen molar-refractivity contribution in [1.29, 1.82) is 0 Å². The minimum absolute atomic E-state index is 0.0748. The number of carbonyl (C=O) groups excluding carboxylic acids is 3. The van der Waals surface area contributed by atoms with Crippen molar-refractivity contribution in [1.82, 2.24) is 5.32 Å². The molecule has 216 valence electrons. The Labute approximate surface area is 249 Å². The van der Waals surface area contributed by atoms with Crippen LogP contribution >= 0.6 is 11.8 Å².